The van der Waals surface area contributed by atoms with E-state index in [-0.39, 0.29) is 23.6 Å². The van der Waals surface area contributed by atoms with Crippen molar-refractivity contribution >= 4 is 23.6 Å². The number of nitrogens with one attached hydrogen (secondary N) is 1. The van der Waals surface area contributed by atoms with Gasteiger partial charge >= 0.3 is 0 Å². The van der Waals surface area contributed by atoms with E-state index >= 15 is 0 Å². The molecule has 2 unspecified atom stereocenters. The van der Waals surface area contributed by atoms with Crippen LogP contribution in [0.3, 0.4) is 0 Å². The maximum atomic E-state index is 13.4. The number of benzene rings is 3. The van der Waals surface area contributed by atoms with Crippen LogP contribution < -0.4 is 15.8 Å². The third kappa shape index (κ3) is 5.79. The Balaban J connectivity index is 1.43. The molecule has 0 aliphatic carbocycles. The van der Waals surface area contributed by atoms with Crippen LogP contribution in [0.25, 0.3) is 0 Å². The van der Waals surface area contributed by atoms with Gasteiger partial charge in [0.25, 0.3) is 0 Å². The monoisotopic (exact) mass is 475 g/mol. The van der Waals surface area contributed by atoms with E-state index in [0.717, 1.165) is 28.0 Å². The molecule has 1 fully saturated rings. The molecule has 0 radical (unpaired) electrons. The minimum atomic E-state index is -0.426. The van der Waals surface area contributed by atoms with Crippen molar-refractivity contribution in [1.82, 2.24) is 10.2 Å². The first-order chi connectivity index (χ1) is 16.6. The Hall–Kier alpha value is -3.29. The van der Waals surface area contributed by atoms with Crippen molar-refractivity contribution in [2.24, 2.45) is 5.73 Å². The lowest BCUT2D eigenvalue weighted by atomic mass is 10.1. The summed E-state index contributed by atoms with van der Waals surface area (Å²) in [5, 5.41) is 2.38. The molecule has 6 nitrogen and oxygen atoms in total. The first kappa shape index (κ1) is 23.9. The second kappa shape index (κ2) is 11.2. The van der Waals surface area contributed by atoms with Crippen LogP contribution in [-0.2, 0) is 29.2 Å². The summed E-state index contributed by atoms with van der Waals surface area (Å²) in [4.78, 5) is 28.0. The van der Waals surface area contributed by atoms with E-state index in [1.54, 1.807) is 18.9 Å². The average molecular weight is 476 g/mol. The fourth-order valence-corrected chi connectivity index (χ4v) is 5.37. The third-order valence-electron chi connectivity index (χ3n) is 5.85. The third-order valence-corrected chi connectivity index (χ3v) is 7.33. The molecule has 4 rings (SSSR count). The second-order valence-corrected chi connectivity index (χ2v) is 9.49. The summed E-state index contributed by atoms with van der Waals surface area (Å²) in [7, 11) is 1.62. The van der Waals surface area contributed by atoms with Gasteiger partial charge in [-0.2, -0.15) is 0 Å². The number of hydrogen-bond donors (Lipinski definition) is 2. The van der Waals surface area contributed by atoms with Crippen molar-refractivity contribution in [2.75, 3.05) is 7.11 Å². The molecule has 2 atom stereocenters. The van der Waals surface area contributed by atoms with E-state index in [1.807, 2.05) is 83.8 Å². The number of ether oxygens (including phenoxy) is 1. The maximum absolute atomic E-state index is 13.4. The molecule has 1 heterocycles. The number of amides is 2. The molecular weight excluding hydrogens is 446 g/mol. The molecule has 3 aromatic carbocycles. The number of hydrogen-bond acceptors (Lipinski definition) is 5. The number of rotatable bonds is 9. The van der Waals surface area contributed by atoms with E-state index in [1.165, 1.54) is 0 Å². The summed E-state index contributed by atoms with van der Waals surface area (Å²) in [5.74, 6) is 0.622. The fourth-order valence-electron chi connectivity index (χ4n) is 3.92. The molecular formula is C27H29N3O3S. The molecule has 7 heteroatoms. The maximum Gasteiger partial charge on any atom is 0.237 e. The Morgan fingerprint density at radius 1 is 0.971 bits per heavy atom. The largest absolute Gasteiger partial charge is 0.497 e. The van der Waals surface area contributed by atoms with Crippen molar-refractivity contribution in [3.8, 4) is 5.75 Å². The lowest BCUT2D eigenvalue weighted by Crippen LogP contribution is -2.33. The average Bonchev–Trinajstić information content (AvgIpc) is 3.18. The molecule has 176 valence electrons. The van der Waals surface area contributed by atoms with Crippen LogP contribution in [0, 0.1) is 0 Å². The van der Waals surface area contributed by atoms with Gasteiger partial charge in [-0.1, -0.05) is 66.7 Å². The number of carbonyl (C=O) groups excluding carboxylic acids is 2. The summed E-state index contributed by atoms with van der Waals surface area (Å²) in [5.41, 5.74) is 9.84. The van der Waals surface area contributed by atoms with Gasteiger partial charge < -0.3 is 20.7 Å². The number of carbonyl (C=O) groups is 2. The van der Waals surface area contributed by atoms with Crippen LogP contribution in [0.4, 0.5) is 0 Å². The van der Waals surface area contributed by atoms with E-state index in [9.17, 15) is 9.59 Å². The first-order valence-corrected chi connectivity index (χ1v) is 12.2. The Morgan fingerprint density at radius 2 is 1.62 bits per heavy atom. The normalized spacial score (nSPS) is 17.6. The van der Waals surface area contributed by atoms with Crippen molar-refractivity contribution < 1.29 is 14.3 Å². The van der Waals surface area contributed by atoms with Crippen molar-refractivity contribution in [3.05, 3.63) is 101 Å². The standard InChI is InChI=1S/C27H29N3O3S/c1-33-23-13-11-20(12-14-23)17-29-25(31)15-24-26(32)30(18-21-9-7-19(16-28)8-10-21)27(34-24)22-5-3-2-4-6-22/h2-14,24,27H,15-18,28H2,1H3,(H,29,31). The van der Waals surface area contributed by atoms with E-state index in [2.05, 4.69) is 5.32 Å². The molecule has 0 bridgehead atoms. The Morgan fingerprint density at radius 3 is 2.26 bits per heavy atom. The van der Waals surface area contributed by atoms with Crippen LogP contribution in [0.1, 0.15) is 34.0 Å². The molecule has 1 aliphatic heterocycles. The van der Waals surface area contributed by atoms with Gasteiger partial charge in [0.2, 0.25) is 11.8 Å². The lowest BCUT2D eigenvalue weighted by molar-refractivity contribution is -0.132. The highest BCUT2D eigenvalue weighted by molar-refractivity contribution is 8.01. The number of nitrogens with zero attached hydrogens (tertiary/aromatic N) is 1. The second-order valence-electron chi connectivity index (χ2n) is 8.20. The van der Waals surface area contributed by atoms with Crippen LogP contribution in [-0.4, -0.2) is 29.1 Å². The van der Waals surface area contributed by atoms with Gasteiger partial charge in [0.1, 0.15) is 11.1 Å². The number of nitrogens with two attached hydrogens (primary N) is 1. The molecule has 34 heavy (non-hydrogen) atoms. The summed E-state index contributed by atoms with van der Waals surface area (Å²) >= 11 is 1.54. The highest BCUT2D eigenvalue weighted by Crippen LogP contribution is 2.45. The van der Waals surface area contributed by atoms with Crippen molar-refractivity contribution in [3.63, 3.8) is 0 Å². The molecule has 1 aliphatic rings. The molecule has 3 N–H and O–H groups in total. The number of thioether (sulfide) groups is 1. The fraction of sp³-hybridized carbons (Fsp3) is 0.259. The molecule has 0 spiro atoms. The quantitative estimate of drug-likeness (QED) is 0.489. The summed E-state index contributed by atoms with van der Waals surface area (Å²) in [6.45, 7) is 1.38. The summed E-state index contributed by atoms with van der Waals surface area (Å²) in [6, 6.07) is 25.5. The zero-order valence-electron chi connectivity index (χ0n) is 19.1. The topological polar surface area (TPSA) is 84.7 Å². The molecule has 2 amide bonds. The van der Waals surface area contributed by atoms with Crippen molar-refractivity contribution in [2.45, 2.75) is 36.7 Å². The van der Waals surface area contributed by atoms with Gasteiger partial charge in [-0.3, -0.25) is 9.59 Å². The van der Waals surface area contributed by atoms with Crippen LogP contribution in [0.2, 0.25) is 0 Å². The zero-order chi connectivity index (χ0) is 23.9. The smallest absolute Gasteiger partial charge is 0.237 e. The Bertz CT molecular complexity index is 1100. The number of methoxy groups -OCH3 is 1. The van der Waals surface area contributed by atoms with E-state index < -0.39 is 5.25 Å². The minimum absolute atomic E-state index is 0.0126. The van der Waals surface area contributed by atoms with E-state index in [4.69, 9.17) is 10.5 Å². The SMILES string of the molecule is COc1ccc(CNC(=O)CC2SC(c3ccccc3)N(Cc3ccc(CN)cc3)C2=O)cc1. The highest BCUT2D eigenvalue weighted by Gasteiger charge is 2.41. The van der Waals surface area contributed by atoms with Crippen LogP contribution in [0.15, 0.2) is 78.9 Å². The van der Waals surface area contributed by atoms with Gasteiger partial charge in [-0.15, -0.1) is 11.8 Å². The molecule has 0 saturated carbocycles. The Kier molecular flexibility index (Phi) is 7.87. The van der Waals surface area contributed by atoms with Gasteiger partial charge in [0.05, 0.1) is 12.4 Å². The van der Waals surface area contributed by atoms with Crippen LogP contribution in [0.5, 0.6) is 5.75 Å². The zero-order valence-corrected chi connectivity index (χ0v) is 20.0. The van der Waals surface area contributed by atoms with Gasteiger partial charge in [-0.25, -0.2) is 0 Å². The Labute approximate surface area is 204 Å². The van der Waals surface area contributed by atoms with Crippen LogP contribution >= 0.6 is 11.8 Å². The highest BCUT2D eigenvalue weighted by atomic mass is 32.2. The minimum Gasteiger partial charge on any atom is -0.497 e. The summed E-state index contributed by atoms with van der Waals surface area (Å²) < 4.78 is 5.17. The van der Waals surface area contributed by atoms with Gasteiger partial charge in [0, 0.05) is 26.1 Å². The predicted octanol–water partition coefficient (Wildman–Crippen LogP) is 4.00. The molecule has 1 saturated heterocycles. The van der Waals surface area contributed by atoms with Crippen molar-refractivity contribution in [1.29, 1.82) is 0 Å². The first-order valence-electron chi connectivity index (χ1n) is 11.3. The van der Waals surface area contributed by atoms with E-state index in [0.29, 0.717) is 19.6 Å². The van der Waals surface area contributed by atoms with Gasteiger partial charge in [-0.05, 0) is 34.4 Å². The lowest BCUT2D eigenvalue weighted by Gasteiger charge is -2.24. The summed E-state index contributed by atoms with van der Waals surface area (Å²) in [6.07, 6.45) is 0.144. The molecule has 0 aromatic heterocycles. The van der Waals surface area contributed by atoms with Gasteiger partial charge in [0.15, 0.2) is 0 Å². The predicted molar refractivity (Wildman–Crippen MR) is 135 cm³/mol. The molecule has 3 aromatic rings.